The number of aliphatic imine (C=N–C) groups is 1. The largest absolute Gasteiger partial charge is 0.382 e. The fourth-order valence-corrected chi connectivity index (χ4v) is 4.64. The molecular weight excluding hydrogens is 509 g/mol. The number of hydrogen-bond acceptors (Lipinski definition) is 5. The number of nitrogens with zero attached hydrogens (tertiary/aromatic N) is 5. The van der Waals surface area contributed by atoms with E-state index >= 15 is 0 Å². The van der Waals surface area contributed by atoms with E-state index in [2.05, 4.69) is 40.2 Å². The van der Waals surface area contributed by atoms with Crippen molar-refractivity contribution in [2.45, 2.75) is 31.4 Å². The van der Waals surface area contributed by atoms with E-state index in [9.17, 15) is 5.26 Å². The van der Waals surface area contributed by atoms with E-state index < -0.39 is 0 Å². The number of nitrogens with one attached hydrogen (secondary N) is 1. The fourth-order valence-electron chi connectivity index (χ4n) is 3.53. The Bertz CT molecular complexity index is 902. The maximum absolute atomic E-state index is 9.53. The molecular formula is C21H30IN7S. The average Bonchev–Trinajstić information content (AvgIpc) is 3.03. The summed E-state index contributed by atoms with van der Waals surface area (Å²) in [6, 6.07) is 11.9. The molecule has 0 amide bonds. The minimum Gasteiger partial charge on any atom is -0.382 e. The Hall–Kier alpha value is -1.93. The first-order valence-electron chi connectivity index (χ1n) is 9.87. The number of aryl methyl sites for hydroxylation is 1. The molecule has 1 aliphatic rings. The van der Waals surface area contributed by atoms with Crippen LogP contribution in [0.25, 0.3) is 5.69 Å². The summed E-state index contributed by atoms with van der Waals surface area (Å²) in [6.45, 7) is 7.29. The van der Waals surface area contributed by atoms with Crippen LogP contribution in [-0.4, -0.2) is 57.8 Å². The lowest BCUT2D eigenvalue weighted by molar-refractivity contribution is 0.375. The first-order valence-corrected chi connectivity index (χ1v) is 10.9. The van der Waals surface area contributed by atoms with Crippen LogP contribution in [0.15, 0.2) is 35.3 Å². The lowest BCUT2D eigenvalue weighted by Gasteiger charge is -2.39. The first-order chi connectivity index (χ1) is 13.9. The Morgan fingerprint density at radius 2 is 2.10 bits per heavy atom. The van der Waals surface area contributed by atoms with Crippen molar-refractivity contribution in [2.75, 3.05) is 38.2 Å². The molecule has 1 aliphatic heterocycles. The smallest absolute Gasteiger partial charge is 0.193 e. The van der Waals surface area contributed by atoms with Gasteiger partial charge in [0.25, 0.3) is 0 Å². The normalized spacial score (nSPS) is 15.9. The minimum absolute atomic E-state index is 0. The number of halogens is 1. The van der Waals surface area contributed by atoms with Crippen LogP contribution in [-0.2, 0) is 6.42 Å². The zero-order chi connectivity index (χ0) is 20.9. The van der Waals surface area contributed by atoms with E-state index in [4.69, 9.17) is 5.73 Å². The van der Waals surface area contributed by atoms with Crippen LogP contribution in [0.4, 0.5) is 5.82 Å². The van der Waals surface area contributed by atoms with Gasteiger partial charge in [-0.05, 0) is 38.8 Å². The summed E-state index contributed by atoms with van der Waals surface area (Å²) in [7, 11) is 1.83. The van der Waals surface area contributed by atoms with E-state index in [-0.39, 0.29) is 28.7 Å². The van der Waals surface area contributed by atoms with Crippen LogP contribution >= 0.6 is 35.7 Å². The molecule has 3 rings (SSSR count). The molecule has 0 radical (unpaired) electrons. The number of aromatic nitrogens is 2. The molecule has 2 heterocycles. The van der Waals surface area contributed by atoms with Gasteiger partial charge in [0.1, 0.15) is 17.5 Å². The summed E-state index contributed by atoms with van der Waals surface area (Å²) in [5.74, 6) is 2.44. The summed E-state index contributed by atoms with van der Waals surface area (Å²) in [4.78, 5) is 6.76. The van der Waals surface area contributed by atoms with Gasteiger partial charge in [0.2, 0.25) is 0 Å². The standard InChI is InChI=1S/C21H29N7S.HI/c1-21(2)15-27(12-13-29-21)20(24-3)25-11-7-10-18-17(14-22)19(23)28(26-18)16-8-5-4-6-9-16;/h4-6,8-9H,7,10-13,15,23H2,1-3H3,(H,24,25);1H. The molecule has 1 aromatic heterocycles. The highest BCUT2D eigenvalue weighted by Gasteiger charge is 2.28. The fraction of sp³-hybridized carbons (Fsp3) is 0.476. The van der Waals surface area contributed by atoms with Crippen LogP contribution in [0.1, 0.15) is 31.5 Å². The second-order valence-corrected chi connectivity index (χ2v) is 9.48. The van der Waals surface area contributed by atoms with Gasteiger partial charge in [-0.1, -0.05) is 18.2 Å². The average molecular weight is 539 g/mol. The van der Waals surface area contributed by atoms with Crippen molar-refractivity contribution in [2.24, 2.45) is 4.99 Å². The number of para-hydroxylation sites is 1. The SMILES string of the molecule is CN=C(NCCCc1nn(-c2ccccc2)c(N)c1C#N)N1CCSC(C)(C)C1.I. The van der Waals surface area contributed by atoms with E-state index in [0.29, 0.717) is 17.8 Å². The Morgan fingerprint density at radius 3 is 2.73 bits per heavy atom. The molecule has 0 spiro atoms. The predicted octanol–water partition coefficient (Wildman–Crippen LogP) is 3.28. The second kappa shape index (κ2) is 10.9. The monoisotopic (exact) mass is 539 g/mol. The first kappa shape index (κ1) is 24.3. The molecule has 1 aromatic carbocycles. The number of thioether (sulfide) groups is 1. The van der Waals surface area contributed by atoms with Crippen molar-refractivity contribution in [1.29, 1.82) is 5.26 Å². The van der Waals surface area contributed by atoms with Gasteiger partial charge in [-0.25, -0.2) is 4.68 Å². The summed E-state index contributed by atoms with van der Waals surface area (Å²) in [6.07, 6.45) is 1.52. The van der Waals surface area contributed by atoms with Crippen molar-refractivity contribution in [1.82, 2.24) is 20.0 Å². The maximum Gasteiger partial charge on any atom is 0.193 e. The van der Waals surface area contributed by atoms with Crippen molar-refractivity contribution in [3.8, 4) is 11.8 Å². The third-order valence-corrected chi connectivity index (χ3v) is 6.21. The van der Waals surface area contributed by atoms with Crippen LogP contribution in [0.5, 0.6) is 0 Å². The summed E-state index contributed by atoms with van der Waals surface area (Å²) in [5, 5.41) is 17.6. The van der Waals surface area contributed by atoms with E-state index in [0.717, 1.165) is 49.1 Å². The molecule has 0 unspecified atom stereocenters. The minimum atomic E-state index is 0. The van der Waals surface area contributed by atoms with E-state index in [1.165, 1.54) is 0 Å². The number of nitrogen functional groups attached to an aromatic ring is 1. The van der Waals surface area contributed by atoms with Crippen molar-refractivity contribution in [3.63, 3.8) is 0 Å². The summed E-state index contributed by atoms with van der Waals surface area (Å²) >= 11 is 2.01. The number of nitriles is 1. The van der Waals surface area contributed by atoms with Crippen molar-refractivity contribution < 1.29 is 0 Å². The molecule has 0 saturated carbocycles. The molecule has 0 bridgehead atoms. The van der Waals surface area contributed by atoms with E-state index in [1.54, 1.807) is 4.68 Å². The number of rotatable bonds is 5. The predicted molar refractivity (Wildman–Crippen MR) is 136 cm³/mol. The molecule has 7 nitrogen and oxygen atoms in total. The highest BCUT2D eigenvalue weighted by atomic mass is 127. The number of guanidine groups is 1. The zero-order valence-electron chi connectivity index (χ0n) is 17.8. The third kappa shape index (κ3) is 5.82. The molecule has 1 saturated heterocycles. The number of benzene rings is 1. The Kier molecular flexibility index (Phi) is 8.85. The molecule has 0 atom stereocenters. The topological polar surface area (TPSA) is 95.3 Å². The van der Waals surface area contributed by atoms with Crippen LogP contribution in [0.3, 0.4) is 0 Å². The Morgan fingerprint density at radius 1 is 1.37 bits per heavy atom. The third-order valence-electron chi connectivity index (χ3n) is 4.92. The molecule has 1 fully saturated rings. The highest BCUT2D eigenvalue weighted by molar-refractivity contribution is 14.0. The highest BCUT2D eigenvalue weighted by Crippen LogP contribution is 2.29. The maximum atomic E-state index is 9.53. The van der Waals surface area contributed by atoms with Gasteiger partial charge in [0, 0.05) is 37.2 Å². The lowest BCUT2D eigenvalue weighted by atomic mass is 10.1. The van der Waals surface area contributed by atoms with E-state index in [1.807, 2.05) is 49.1 Å². The van der Waals surface area contributed by atoms with Crippen molar-refractivity contribution >= 4 is 47.5 Å². The van der Waals surface area contributed by atoms with Crippen LogP contribution in [0.2, 0.25) is 0 Å². The number of hydrogen-bond donors (Lipinski definition) is 2. The lowest BCUT2D eigenvalue weighted by Crippen LogP contribution is -2.51. The Balaban J connectivity index is 0.00000320. The van der Waals surface area contributed by atoms with Crippen LogP contribution in [0, 0.1) is 11.3 Å². The summed E-state index contributed by atoms with van der Waals surface area (Å²) < 4.78 is 1.88. The van der Waals surface area contributed by atoms with Crippen LogP contribution < -0.4 is 11.1 Å². The van der Waals surface area contributed by atoms with Gasteiger partial charge in [0.15, 0.2) is 5.96 Å². The molecule has 30 heavy (non-hydrogen) atoms. The molecule has 9 heteroatoms. The molecule has 2 aromatic rings. The van der Waals surface area contributed by atoms with Gasteiger partial charge < -0.3 is 16.0 Å². The zero-order valence-corrected chi connectivity index (χ0v) is 20.9. The van der Waals surface area contributed by atoms with Gasteiger partial charge in [-0.15, -0.1) is 24.0 Å². The van der Waals surface area contributed by atoms with Gasteiger partial charge >= 0.3 is 0 Å². The summed E-state index contributed by atoms with van der Waals surface area (Å²) in [5.41, 5.74) is 8.24. The number of nitrogens with two attached hydrogens (primary N) is 1. The molecule has 0 aliphatic carbocycles. The quantitative estimate of drug-likeness (QED) is 0.262. The molecule has 162 valence electrons. The Labute approximate surface area is 200 Å². The van der Waals surface area contributed by atoms with Gasteiger partial charge in [-0.2, -0.15) is 22.1 Å². The second-order valence-electron chi connectivity index (χ2n) is 7.67. The van der Waals surface area contributed by atoms with Gasteiger partial charge in [0.05, 0.1) is 11.4 Å². The number of anilines is 1. The van der Waals surface area contributed by atoms with Gasteiger partial charge in [-0.3, -0.25) is 4.99 Å². The van der Waals surface area contributed by atoms with Crippen molar-refractivity contribution in [3.05, 3.63) is 41.6 Å². The molecule has 3 N–H and O–H groups in total.